The van der Waals surface area contributed by atoms with Crippen molar-refractivity contribution >= 4 is 11.6 Å². The van der Waals surface area contributed by atoms with Crippen molar-refractivity contribution in [2.45, 2.75) is 26.4 Å². The van der Waals surface area contributed by atoms with Crippen LogP contribution in [0.2, 0.25) is 0 Å². The molecular formula is C16H22N4O. The highest BCUT2D eigenvalue weighted by molar-refractivity contribution is 5.95. The number of aromatic nitrogens is 2. The van der Waals surface area contributed by atoms with Crippen LogP contribution in [0.5, 0.6) is 0 Å². The van der Waals surface area contributed by atoms with Crippen molar-refractivity contribution < 1.29 is 4.79 Å². The number of amides is 1. The number of nitrogens with one attached hydrogen (secondary N) is 1. The van der Waals surface area contributed by atoms with Crippen LogP contribution < -0.4 is 10.2 Å². The molecule has 0 atom stereocenters. The van der Waals surface area contributed by atoms with Crippen molar-refractivity contribution in [3.05, 3.63) is 48.0 Å². The third kappa shape index (κ3) is 3.84. The standard InChI is InChI=1S/C16H22N4O/c1-4-9-20-10-8-17-15(20)12-18-16(21)13-6-5-7-14(11-13)19(2)3/h5-8,10-11H,4,9,12H2,1-3H3,(H,18,21). The van der Waals surface area contributed by atoms with E-state index in [0.717, 1.165) is 24.5 Å². The summed E-state index contributed by atoms with van der Waals surface area (Å²) in [6.07, 6.45) is 4.75. The van der Waals surface area contributed by atoms with E-state index in [-0.39, 0.29) is 5.91 Å². The van der Waals surface area contributed by atoms with Crippen molar-refractivity contribution in [3.63, 3.8) is 0 Å². The number of hydrogen-bond donors (Lipinski definition) is 1. The predicted molar refractivity (Wildman–Crippen MR) is 84.5 cm³/mol. The molecule has 5 heteroatoms. The second kappa shape index (κ2) is 6.92. The zero-order chi connectivity index (χ0) is 15.2. The first-order valence-electron chi connectivity index (χ1n) is 7.17. The van der Waals surface area contributed by atoms with Crippen molar-refractivity contribution in [1.29, 1.82) is 0 Å². The molecule has 0 aliphatic rings. The fourth-order valence-corrected chi connectivity index (χ4v) is 2.14. The van der Waals surface area contributed by atoms with Crippen LogP contribution in [-0.4, -0.2) is 29.6 Å². The van der Waals surface area contributed by atoms with Crippen LogP contribution in [0.25, 0.3) is 0 Å². The molecule has 21 heavy (non-hydrogen) atoms. The summed E-state index contributed by atoms with van der Waals surface area (Å²) in [5.41, 5.74) is 1.67. The van der Waals surface area contributed by atoms with E-state index in [4.69, 9.17) is 0 Å². The lowest BCUT2D eigenvalue weighted by Crippen LogP contribution is -2.25. The molecule has 2 rings (SSSR count). The van der Waals surface area contributed by atoms with Crippen molar-refractivity contribution in [1.82, 2.24) is 14.9 Å². The zero-order valence-electron chi connectivity index (χ0n) is 12.8. The van der Waals surface area contributed by atoms with Gasteiger partial charge >= 0.3 is 0 Å². The largest absolute Gasteiger partial charge is 0.378 e. The Morgan fingerprint density at radius 2 is 2.19 bits per heavy atom. The minimum absolute atomic E-state index is 0.0789. The Hall–Kier alpha value is -2.30. The maximum Gasteiger partial charge on any atom is 0.251 e. The third-order valence-electron chi connectivity index (χ3n) is 3.30. The maximum absolute atomic E-state index is 12.2. The van der Waals surface area contributed by atoms with Crippen LogP contribution in [0.1, 0.15) is 29.5 Å². The fraction of sp³-hybridized carbons (Fsp3) is 0.375. The van der Waals surface area contributed by atoms with Gasteiger partial charge in [-0.05, 0) is 24.6 Å². The Morgan fingerprint density at radius 3 is 2.90 bits per heavy atom. The van der Waals surface area contributed by atoms with E-state index in [1.54, 1.807) is 6.20 Å². The molecule has 5 nitrogen and oxygen atoms in total. The number of nitrogens with zero attached hydrogens (tertiary/aromatic N) is 3. The molecule has 0 aliphatic carbocycles. The van der Waals surface area contributed by atoms with Crippen LogP contribution in [0, 0.1) is 0 Å². The predicted octanol–water partition coefficient (Wildman–Crippen LogP) is 2.29. The van der Waals surface area contributed by atoms with E-state index < -0.39 is 0 Å². The fourth-order valence-electron chi connectivity index (χ4n) is 2.14. The molecule has 1 aromatic carbocycles. The van der Waals surface area contributed by atoms with Gasteiger partial charge in [0.1, 0.15) is 5.82 Å². The van der Waals surface area contributed by atoms with Gasteiger partial charge in [-0.1, -0.05) is 13.0 Å². The van der Waals surface area contributed by atoms with Gasteiger partial charge in [0, 0.05) is 44.3 Å². The summed E-state index contributed by atoms with van der Waals surface area (Å²) in [5.74, 6) is 0.804. The van der Waals surface area contributed by atoms with Crippen molar-refractivity contribution in [2.75, 3.05) is 19.0 Å². The summed E-state index contributed by atoms with van der Waals surface area (Å²) in [7, 11) is 3.91. The van der Waals surface area contributed by atoms with Gasteiger partial charge in [-0.25, -0.2) is 4.98 Å². The van der Waals surface area contributed by atoms with E-state index in [9.17, 15) is 4.79 Å². The summed E-state index contributed by atoms with van der Waals surface area (Å²) >= 11 is 0. The zero-order valence-corrected chi connectivity index (χ0v) is 12.8. The molecule has 0 radical (unpaired) electrons. The van der Waals surface area contributed by atoms with Crippen LogP contribution in [0.3, 0.4) is 0 Å². The highest BCUT2D eigenvalue weighted by Crippen LogP contribution is 2.13. The van der Waals surface area contributed by atoms with Gasteiger partial charge in [-0.2, -0.15) is 0 Å². The number of anilines is 1. The number of benzene rings is 1. The van der Waals surface area contributed by atoms with Gasteiger partial charge in [0.05, 0.1) is 6.54 Å². The van der Waals surface area contributed by atoms with E-state index in [1.165, 1.54) is 0 Å². The number of aryl methyl sites for hydroxylation is 1. The van der Waals surface area contributed by atoms with Gasteiger partial charge in [0.15, 0.2) is 0 Å². The second-order valence-electron chi connectivity index (χ2n) is 5.16. The van der Waals surface area contributed by atoms with Gasteiger partial charge in [0.2, 0.25) is 0 Å². The molecule has 0 spiro atoms. The first-order chi connectivity index (χ1) is 10.1. The molecule has 112 valence electrons. The van der Waals surface area contributed by atoms with Gasteiger partial charge in [-0.15, -0.1) is 0 Å². The highest BCUT2D eigenvalue weighted by atomic mass is 16.1. The van der Waals surface area contributed by atoms with E-state index in [2.05, 4.69) is 21.8 Å². The minimum Gasteiger partial charge on any atom is -0.378 e. The monoisotopic (exact) mass is 286 g/mol. The Kier molecular flexibility index (Phi) is 4.98. The van der Waals surface area contributed by atoms with Gasteiger partial charge in [0.25, 0.3) is 5.91 Å². The smallest absolute Gasteiger partial charge is 0.251 e. The lowest BCUT2D eigenvalue weighted by molar-refractivity contribution is 0.0949. The minimum atomic E-state index is -0.0789. The van der Waals surface area contributed by atoms with Crippen molar-refractivity contribution in [3.8, 4) is 0 Å². The Labute approximate surface area is 125 Å². The Balaban J connectivity index is 2.01. The molecule has 2 aromatic rings. The number of carbonyl (C=O) groups is 1. The first-order valence-corrected chi connectivity index (χ1v) is 7.17. The molecule has 0 aliphatic heterocycles. The molecule has 0 saturated carbocycles. The average molecular weight is 286 g/mol. The molecule has 0 unspecified atom stereocenters. The Bertz CT molecular complexity index is 604. The van der Waals surface area contributed by atoms with Crippen molar-refractivity contribution in [2.24, 2.45) is 0 Å². The summed E-state index contributed by atoms with van der Waals surface area (Å²) in [5, 5.41) is 2.93. The van der Waals surface area contributed by atoms with E-state index >= 15 is 0 Å². The topological polar surface area (TPSA) is 50.2 Å². The third-order valence-corrected chi connectivity index (χ3v) is 3.30. The number of imidazole rings is 1. The second-order valence-corrected chi connectivity index (χ2v) is 5.16. The normalized spacial score (nSPS) is 10.4. The molecule has 1 heterocycles. The van der Waals surface area contributed by atoms with Crippen LogP contribution in [-0.2, 0) is 13.1 Å². The number of hydrogen-bond acceptors (Lipinski definition) is 3. The summed E-state index contributed by atoms with van der Waals surface area (Å²) in [4.78, 5) is 18.5. The molecule has 0 fully saturated rings. The van der Waals surface area contributed by atoms with E-state index in [1.807, 2.05) is 49.5 Å². The molecule has 0 bridgehead atoms. The van der Waals surface area contributed by atoms with Gasteiger partial charge in [-0.3, -0.25) is 4.79 Å². The lowest BCUT2D eigenvalue weighted by atomic mass is 10.2. The molecule has 1 aromatic heterocycles. The molecule has 0 saturated heterocycles. The summed E-state index contributed by atoms with van der Waals surface area (Å²) < 4.78 is 2.07. The van der Waals surface area contributed by atoms with Gasteiger partial charge < -0.3 is 14.8 Å². The van der Waals surface area contributed by atoms with E-state index in [0.29, 0.717) is 12.1 Å². The maximum atomic E-state index is 12.2. The summed E-state index contributed by atoms with van der Waals surface area (Å²) in [6, 6.07) is 7.57. The van der Waals surface area contributed by atoms with Crippen LogP contribution in [0.15, 0.2) is 36.7 Å². The molecule has 1 amide bonds. The molecule has 1 N–H and O–H groups in total. The quantitative estimate of drug-likeness (QED) is 0.886. The highest BCUT2D eigenvalue weighted by Gasteiger charge is 2.09. The Morgan fingerprint density at radius 1 is 1.38 bits per heavy atom. The average Bonchev–Trinajstić information content (AvgIpc) is 2.92. The summed E-state index contributed by atoms with van der Waals surface area (Å²) in [6.45, 7) is 3.48. The SMILES string of the molecule is CCCn1ccnc1CNC(=O)c1cccc(N(C)C)c1. The number of carbonyl (C=O) groups excluding carboxylic acids is 1. The van der Waals surface area contributed by atoms with Crippen LogP contribution >= 0.6 is 0 Å². The van der Waals surface area contributed by atoms with Crippen LogP contribution in [0.4, 0.5) is 5.69 Å². The number of rotatable bonds is 6. The molecular weight excluding hydrogens is 264 g/mol. The lowest BCUT2D eigenvalue weighted by Gasteiger charge is -2.13. The first kappa shape index (κ1) is 15.1.